The van der Waals surface area contributed by atoms with Crippen molar-refractivity contribution in [3.63, 3.8) is 0 Å². The van der Waals surface area contributed by atoms with E-state index in [1.54, 1.807) is 4.90 Å². The van der Waals surface area contributed by atoms with Crippen LogP contribution in [0.5, 0.6) is 5.75 Å². The summed E-state index contributed by atoms with van der Waals surface area (Å²) in [7, 11) is 7.93. The summed E-state index contributed by atoms with van der Waals surface area (Å²) in [6, 6.07) is 5.42. The van der Waals surface area contributed by atoms with E-state index in [9.17, 15) is 9.90 Å². The molecular formula is C19H31N3O3. The van der Waals surface area contributed by atoms with Crippen molar-refractivity contribution >= 4 is 11.6 Å². The van der Waals surface area contributed by atoms with Crippen LogP contribution in [0.1, 0.15) is 24.2 Å². The maximum absolute atomic E-state index is 13.1. The van der Waals surface area contributed by atoms with Gasteiger partial charge in [0.05, 0.1) is 23.9 Å². The lowest BCUT2D eigenvalue weighted by atomic mass is 9.99. The monoisotopic (exact) mass is 349 g/mol. The summed E-state index contributed by atoms with van der Waals surface area (Å²) in [5, 5.41) is 9.61. The van der Waals surface area contributed by atoms with Gasteiger partial charge in [0.15, 0.2) is 5.75 Å². The van der Waals surface area contributed by atoms with Crippen LogP contribution in [0.15, 0.2) is 18.2 Å². The van der Waals surface area contributed by atoms with Crippen LogP contribution in [0.4, 0.5) is 5.69 Å². The average molecular weight is 349 g/mol. The fourth-order valence-electron chi connectivity index (χ4n) is 3.16. The Morgan fingerprint density at radius 3 is 2.56 bits per heavy atom. The van der Waals surface area contributed by atoms with Gasteiger partial charge in [-0.3, -0.25) is 4.79 Å². The fourth-order valence-corrected chi connectivity index (χ4v) is 3.16. The van der Waals surface area contributed by atoms with E-state index in [4.69, 9.17) is 4.74 Å². The third kappa shape index (κ3) is 4.25. The predicted molar refractivity (Wildman–Crippen MR) is 100 cm³/mol. The van der Waals surface area contributed by atoms with Gasteiger partial charge in [-0.15, -0.1) is 0 Å². The fraction of sp³-hybridized carbons (Fsp3) is 0.632. The lowest BCUT2D eigenvalue weighted by Gasteiger charge is -2.38. The highest BCUT2D eigenvalue weighted by Gasteiger charge is 2.34. The summed E-state index contributed by atoms with van der Waals surface area (Å²) in [6.07, 6.45) is -0.0451. The van der Waals surface area contributed by atoms with Crippen molar-refractivity contribution in [2.24, 2.45) is 5.92 Å². The number of carbonyl (C=O) groups excluding carboxylic acids is 1. The number of amides is 1. The lowest BCUT2D eigenvalue weighted by molar-refractivity contribution is 0.0365. The Morgan fingerprint density at radius 2 is 2.00 bits per heavy atom. The van der Waals surface area contributed by atoms with Crippen LogP contribution in [-0.4, -0.2) is 80.8 Å². The van der Waals surface area contributed by atoms with Crippen molar-refractivity contribution in [3.8, 4) is 5.75 Å². The number of rotatable bonds is 5. The first-order valence-corrected chi connectivity index (χ1v) is 8.79. The summed E-state index contributed by atoms with van der Waals surface area (Å²) < 4.78 is 6.39. The standard InChI is InChI=1S/C19H31N3O3/c1-13-10-22(14(2)12-23)19(24)15-8-7-9-16(21(5)6)18(15)25-17(13)11-20(3)4/h7-9,13-14,17,23H,10-12H2,1-6H3/t13-,14-,17-/m0/s1. The molecule has 0 fully saturated rings. The molecule has 6 heteroatoms. The van der Waals surface area contributed by atoms with Gasteiger partial charge in [0, 0.05) is 33.1 Å². The normalized spacial score (nSPS) is 22.1. The minimum atomic E-state index is -0.232. The third-order valence-electron chi connectivity index (χ3n) is 4.70. The largest absolute Gasteiger partial charge is 0.486 e. The Balaban J connectivity index is 2.56. The van der Waals surface area contributed by atoms with Gasteiger partial charge in [0.1, 0.15) is 6.10 Å². The number of hydrogen-bond acceptors (Lipinski definition) is 5. The minimum absolute atomic E-state index is 0.0451. The first-order chi connectivity index (χ1) is 11.8. The minimum Gasteiger partial charge on any atom is -0.486 e. The van der Waals surface area contributed by atoms with Crippen molar-refractivity contribution in [2.75, 3.05) is 52.8 Å². The molecule has 1 aliphatic heterocycles. The number of nitrogens with zero attached hydrogens (tertiary/aromatic N) is 3. The number of fused-ring (bicyclic) bond motifs is 1. The molecule has 0 aromatic heterocycles. The lowest BCUT2D eigenvalue weighted by Crippen LogP contribution is -2.49. The Morgan fingerprint density at radius 1 is 1.32 bits per heavy atom. The van der Waals surface area contributed by atoms with E-state index in [2.05, 4.69) is 11.8 Å². The van der Waals surface area contributed by atoms with E-state index >= 15 is 0 Å². The number of carbonyl (C=O) groups is 1. The zero-order valence-electron chi connectivity index (χ0n) is 16.2. The molecule has 1 aromatic carbocycles. The number of anilines is 1. The molecule has 25 heavy (non-hydrogen) atoms. The van der Waals surface area contributed by atoms with Crippen LogP contribution >= 0.6 is 0 Å². The Labute approximate surface area is 151 Å². The molecule has 1 aromatic rings. The summed E-state index contributed by atoms with van der Waals surface area (Å²) in [6.45, 7) is 5.24. The zero-order chi connectivity index (χ0) is 18.7. The van der Waals surface area contributed by atoms with Crippen molar-refractivity contribution in [3.05, 3.63) is 23.8 Å². The van der Waals surface area contributed by atoms with Crippen LogP contribution in [0.3, 0.4) is 0 Å². The number of para-hydroxylation sites is 1. The van der Waals surface area contributed by atoms with Gasteiger partial charge in [-0.2, -0.15) is 0 Å². The average Bonchev–Trinajstić information content (AvgIpc) is 2.56. The van der Waals surface area contributed by atoms with Crippen LogP contribution in [0, 0.1) is 5.92 Å². The Bertz CT molecular complexity index is 604. The van der Waals surface area contributed by atoms with E-state index in [1.165, 1.54) is 0 Å². The molecule has 2 rings (SSSR count). The molecule has 0 bridgehead atoms. The molecule has 140 valence electrons. The second-order valence-electron chi connectivity index (χ2n) is 7.43. The highest BCUT2D eigenvalue weighted by atomic mass is 16.5. The van der Waals surface area contributed by atoms with Crippen LogP contribution < -0.4 is 9.64 Å². The van der Waals surface area contributed by atoms with E-state index in [1.807, 2.05) is 58.2 Å². The summed E-state index contributed by atoms with van der Waals surface area (Å²) in [4.78, 5) is 19.0. The van der Waals surface area contributed by atoms with Gasteiger partial charge in [0.25, 0.3) is 5.91 Å². The van der Waals surface area contributed by atoms with Crippen molar-refractivity contribution < 1.29 is 14.6 Å². The highest BCUT2D eigenvalue weighted by molar-refractivity contribution is 5.99. The summed E-state index contributed by atoms with van der Waals surface area (Å²) >= 11 is 0. The molecule has 1 aliphatic rings. The van der Waals surface area contributed by atoms with E-state index in [0.29, 0.717) is 17.9 Å². The highest BCUT2D eigenvalue weighted by Crippen LogP contribution is 2.36. The van der Waals surface area contributed by atoms with Crippen LogP contribution in [-0.2, 0) is 0 Å². The molecule has 1 heterocycles. The van der Waals surface area contributed by atoms with Gasteiger partial charge in [-0.1, -0.05) is 13.0 Å². The first-order valence-electron chi connectivity index (χ1n) is 8.79. The number of aliphatic hydroxyl groups is 1. The van der Waals surface area contributed by atoms with Crippen LogP contribution in [0.2, 0.25) is 0 Å². The predicted octanol–water partition coefficient (Wildman–Crippen LogP) is 1.53. The number of likely N-dealkylation sites (N-methyl/N-ethyl adjacent to an activating group) is 1. The van der Waals surface area contributed by atoms with Crippen molar-refractivity contribution in [1.82, 2.24) is 9.80 Å². The third-order valence-corrected chi connectivity index (χ3v) is 4.70. The molecule has 0 unspecified atom stereocenters. The van der Waals surface area contributed by atoms with Crippen molar-refractivity contribution in [1.29, 1.82) is 0 Å². The zero-order valence-corrected chi connectivity index (χ0v) is 16.2. The first kappa shape index (κ1) is 19.5. The summed E-state index contributed by atoms with van der Waals surface area (Å²) in [5.41, 5.74) is 1.45. The second-order valence-corrected chi connectivity index (χ2v) is 7.43. The molecule has 0 saturated heterocycles. The number of benzene rings is 1. The van der Waals surface area contributed by atoms with Gasteiger partial charge >= 0.3 is 0 Å². The molecule has 0 aliphatic carbocycles. The Kier molecular flexibility index (Phi) is 6.30. The molecule has 1 amide bonds. The van der Waals surface area contributed by atoms with E-state index in [-0.39, 0.29) is 30.6 Å². The molecule has 6 nitrogen and oxygen atoms in total. The Hall–Kier alpha value is -1.79. The topological polar surface area (TPSA) is 56.3 Å². The van der Waals surface area contributed by atoms with Crippen LogP contribution in [0.25, 0.3) is 0 Å². The molecule has 0 radical (unpaired) electrons. The maximum Gasteiger partial charge on any atom is 0.258 e. The van der Waals surface area contributed by atoms with Gasteiger partial charge in [-0.25, -0.2) is 0 Å². The van der Waals surface area contributed by atoms with Gasteiger partial charge in [0.2, 0.25) is 0 Å². The maximum atomic E-state index is 13.1. The molecular weight excluding hydrogens is 318 g/mol. The molecule has 1 N–H and O–H groups in total. The summed E-state index contributed by atoms with van der Waals surface area (Å²) in [5.74, 6) is 0.685. The molecule has 0 spiro atoms. The quantitative estimate of drug-likeness (QED) is 0.874. The molecule has 3 atom stereocenters. The number of hydrogen-bond donors (Lipinski definition) is 1. The van der Waals surface area contributed by atoms with Crippen molar-refractivity contribution in [2.45, 2.75) is 26.0 Å². The smallest absolute Gasteiger partial charge is 0.258 e. The van der Waals surface area contributed by atoms with Gasteiger partial charge in [-0.05, 0) is 33.2 Å². The molecule has 0 saturated carbocycles. The second kappa shape index (κ2) is 8.06. The van der Waals surface area contributed by atoms with E-state index < -0.39 is 0 Å². The SMILES string of the molecule is C[C@H]1CN([C@@H](C)CO)C(=O)c2cccc(N(C)C)c2O[C@H]1CN(C)C. The van der Waals surface area contributed by atoms with E-state index in [0.717, 1.165) is 12.2 Å². The number of aliphatic hydroxyl groups excluding tert-OH is 1. The number of ether oxygens (including phenoxy) is 1. The van der Waals surface area contributed by atoms with Gasteiger partial charge < -0.3 is 24.5 Å².